The number of amides is 1. The number of carbonyl (C=O) groups is 1. The van der Waals surface area contributed by atoms with Crippen LogP contribution >= 0.6 is 0 Å². The van der Waals surface area contributed by atoms with E-state index in [1.807, 2.05) is 18.7 Å². The average Bonchev–Trinajstić information content (AvgIpc) is 3.05. The molecule has 4 nitrogen and oxygen atoms in total. The van der Waals surface area contributed by atoms with Crippen molar-refractivity contribution in [3.8, 4) is 0 Å². The fourth-order valence-electron chi connectivity index (χ4n) is 3.92. The molecule has 1 amide bonds. The van der Waals surface area contributed by atoms with Gasteiger partial charge in [-0.05, 0) is 39.5 Å². The third kappa shape index (κ3) is 3.36. The summed E-state index contributed by atoms with van der Waals surface area (Å²) in [6.07, 6.45) is 4.36. The highest BCUT2D eigenvalue weighted by molar-refractivity contribution is 5.94. The second-order valence-electron chi connectivity index (χ2n) is 6.85. The minimum Gasteiger partial charge on any atom is -0.347 e. The molecule has 0 radical (unpaired) electrons. The van der Waals surface area contributed by atoms with Gasteiger partial charge in [-0.15, -0.1) is 0 Å². The van der Waals surface area contributed by atoms with Crippen molar-refractivity contribution in [2.75, 3.05) is 33.2 Å². The third-order valence-corrected chi connectivity index (χ3v) is 5.22. The molecule has 1 aromatic heterocycles. The number of hydrogen-bond donors (Lipinski definition) is 0. The van der Waals surface area contributed by atoms with Crippen molar-refractivity contribution >= 4 is 22.4 Å². The van der Waals surface area contributed by atoms with E-state index in [9.17, 15) is 4.79 Å². The van der Waals surface area contributed by atoms with Crippen LogP contribution in [0.15, 0.2) is 36.5 Å². The van der Waals surface area contributed by atoms with E-state index in [4.69, 9.17) is 0 Å². The second kappa shape index (κ2) is 7.44. The topological polar surface area (TPSA) is 28.5 Å². The molecule has 4 heteroatoms. The molecular weight excluding hydrogens is 310 g/mol. The summed E-state index contributed by atoms with van der Waals surface area (Å²) in [7, 11) is 2.11. The number of rotatable bonds is 5. The van der Waals surface area contributed by atoms with E-state index in [1.165, 1.54) is 22.0 Å². The molecule has 0 spiro atoms. The Morgan fingerprint density at radius 2 is 1.96 bits per heavy atom. The Bertz CT molecular complexity index is 786. The Labute approximate surface area is 150 Å². The van der Waals surface area contributed by atoms with Gasteiger partial charge in [0.05, 0.1) is 11.4 Å². The lowest BCUT2D eigenvalue weighted by Gasteiger charge is -2.32. The second-order valence-corrected chi connectivity index (χ2v) is 6.85. The molecule has 0 aliphatic carbocycles. The molecule has 0 unspecified atom stereocenters. The Kier molecular flexibility index (Phi) is 5.28. The zero-order valence-electron chi connectivity index (χ0n) is 15.8. The van der Waals surface area contributed by atoms with Gasteiger partial charge in [-0.3, -0.25) is 4.79 Å². The average molecular weight is 339 g/mol. The number of nitrogens with zero attached hydrogens (tertiary/aromatic N) is 3. The molecule has 25 heavy (non-hydrogen) atoms. The number of benzene rings is 1. The SMILES string of the molecule is CCN(CC)C(=O)[C@@H]1C=C(c2cccc3ccn(CC)c23)CN(C)C1. The predicted octanol–water partition coefficient (Wildman–Crippen LogP) is 3.47. The molecule has 0 fully saturated rings. The van der Waals surface area contributed by atoms with Gasteiger partial charge >= 0.3 is 0 Å². The van der Waals surface area contributed by atoms with Crippen molar-refractivity contribution in [2.45, 2.75) is 27.3 Å². The van der Waals surface area contributed by atoms with Crippen LogP contribution in [0.1, 0.15) is 26.3 Å². The van der Waals surface area contributed by atoms with Gasteiger partial charge in [-0.25, -0.2) is 0 Å². The summed E-state index contributed by atoms with van der Waals surface area (Å²) in [6, 6.07) is 8.65. The predicted molar refractivity (Wildman–Crippen MR) is 105 cm³/mol. The molecule has 0 bridgehead atoms. The van der Waals surface area contributed by atoms with Crippen molar-refractivity contribution in [1.82, 2.24) is 14.4 Å². The summed E-state index contributed by atoms with van der Waals surface area (Å²) < 4.78 is 2.29. The summed E-state index contributed by atoms with van der Waals surface area (Å²) in [5.41, 5.74) is 3.80. The molecular formula is C21H29N3O. The smallest absolute Gasteiger partial charge is 0.230 e. The lowest BCUT2D eigenvalue weighted by Crippen LogP contribution is -2.42. The highest BCUT2D eigenvalue weighted by Crippen LogP contribution is 2.30. The van der Waals surface area contributed by atoms with Gasteiger partial charge in [-0.1, -0.05) is 24.3 Å². The Morgan fingerprint density at radius 3 is 2.64 bits per heavy atom. The van der Waals surface area contributed by atoms with Gasteiger partial charge in [0, 0.05) is 49.9 Å². The fourth-order valence-corrected chi connectivity index (χ4v) is 3.92. The Morgan fingerprint density at radius 1 is 1.20 bits per heavy atom. The molecule has 0 N–H and O–H groups in total. The van der Waals surface area contributed by atoms with Crippen LogP contribution in [-0.2, 0) is 11.3 Å². The molecule has 134 valence electrons. The quantitative estimate of drug-likeness (QED) is 0.834. The van der Waals surface area contributed by atoms with E-state index in [1.54, 1.807) is 0 Å². The molecule has 1 aromatic carbocycles. The molecule has 1 aliphatic rings. The van der Waals surface area contributed by atoms with Crippen LogP contribution in [0.3, 0.4) is 0 Å². The van der Waals surface area contributed by atoms with E-state index >= 15 is 0 Å². The largest absolute Gasteiger partial charge is 0.347 e. The first-order valence-electron chi connectivity index (χ1n) is 9.35. The van der Waals surface area contributed by atoms with Crippen molar-refractivity contribution in [2.24, 2.45) is 5.92 Å². The summed E-state index contributed by atoms with van der Waals surface area (Å²) >= 11 is 0. The van der Waals surface area contributed by atoms with Crippen molar-refractivity contribution in [1.29, 1.82) is 0 Å². The lowest BCUT2D eigenvalue weighted by atomic mass is 9.93. The van der Waals surface area contributed by atoms with Crippen molar-refractivity contribution < 1.29 is 4.79 Å². The Hall–Kier alpha value is -2.07. The molecule has 0 saturated carbocycles. The standard InChI is InChI=1S/C21H29N3O/c1-5-23(6-2)21(25)18-13-17(14-22(4)15-18)19-10-8-9-16-11-12-24(7-3)20(16)19/h8-13,18H,5-7,14-15H2,1-4H3/t18-/m1/s1. The van der Waals surface area contributed by atoms with Gasteiger partial charge < -0.3 is 14.4 Å². The number of carbonyl (C=O) groups excluding carboxylic acids is 1. The van der Waals surface area contributed by atoms with E-state index in [-0.39, 0.29) is 11.8 Å². The normalized spacial score (nSPS) is 18.4. The van der Waals surface area contributed by atoms with Crippen LogP contribution in [0.2, 0.25) is 0 Å². The van der Waals surface area contributed by atoms with Crippen LogP contribution in [0.25, 0.3) is 16.5 Å². The van der Waals surface area contributed by atoms with Crippen LogP contribution in [0, 0.1) is 5.92 Å². The van der Waals surface area contributed by atoms with E-state index in [0.29, 0.717) is 0 Å². The first-order valence-corrected chi connectivity index (χ1v) is 9.35. The maximum Gasteiger partial charge on any atom is 0.230 e. The van der Waals surface area contributed by atoms with Crippen LogP contribution in [-0.4, -0.2) is 53.5 Å². The van der Waals surface area contributed by atoms with Gasteiger partial charge in [0.25, 0.3) is 0 Å². The summed E-state index contributed by atoms with van der Waals surface area (Å²) in [5, 5.41) is 1.26. The zero-order valence-corrected chi connectivity index (χ0v) is 15.8. The van der Waals surface area contributed by atoms with Gasteiger partial charge in [-0.2, -0.15) is 0 Å². The van der Waals surface area contributed by atoms with E-state index in [0.717, 1.165) is 32.7 Å². The first-order chi connectivity index (χ1) is 12.1. The number of aromatic nitrogens is 1. The summed E-state index contributed by atoms with van der Waals surface area (Å²) in [4.78, 5) is 17.1. The van der Waals surface area contributed by atoms with Crippen molar-refractivity contribution in [3.05, 3.63) is 42.1 Å². The fraction of sp³-hybridized carbons (Fsp3) is 0.476. The monoisotopic (exact) mass is 339 g/mol. The third-order valence-electron chi connectivity index (χ3n) is 5.22. The summed E-state index contributed by atoms with van der Waals surface area (Å²) in [5.74, 6) is 0.182. The highest BCUT2D eigenvalue weighted by Gasteiger charge is 2.27. The molecule has 2 heterocycles. The first kappa shape index (κ1) is 17.7. The number of fused-ring (bicyclic) bond motifs is 1. The van der Waals surface area contributed by atoms with Gasteiger partial charge in [0.1, 0.15) is 0 Å². The molecule has 1 aliphatic heterocycles. The van der Waals surface area contributed by atoms with Crippen LogP contribution < -0.4 is 0 Å². The van der Waals surface area contributed by atoms with E-state index in [2.05, 4.69) is 60.0 Å². The molecule has 2 aromatic rings. The van der Waals surface area contributed by atoms with Crippen molar-refractivity contribution in [3.63, 3.8) is 0 Å². The van der Waals surface area contributed by atoms with Gasteiger partial charge in [0.15, 0.2) is 0 Å². The maximum absolute atomic E-state index is 12.9. The number of aryl methyl sites for hydroxylation is 1. The van der Waals surface area contributed by atoms with Crippen LogP contribution in [0.5, 0.6) is 0 Å². The molecule has 3 rings (SSSR count). The number of hydrogen-bond acceptors (Lipinski definition) is 2. The number of likely N-dealkylation sites (N-methyl/N-ethyl adjacent to an activating group) is 1. The van der Waals surface area contributed by atoms with Crippen LogP contribution in [0.4, 0.5) is 0 Å². The minimum atomic E-state index is -0.0612. The minimum absolute atomic E-state index is 0.0612. The lowest BCUT2D eigenvalue weighted by molar-refractivity contribution is -0.134. The molecule has 1 atom stereocenters. The molecule has 0 saturated heterocycles. The van der Waals surface area contributed by atoms with Gasteiger partial charge in [0.2, 0.25) is 5.91 Å². The zero-order chi connectivity index (χ0) is 18.0. The highest BCUT2D eigenvalue weighted by atomic mass is 16.2. The summed E-state index contributed by atoms with van der Waals surface area (Å²) in [6.45, 7) is 10.4. The van der Waals surface area contributed by atoms with E-state index < -0.39 is 0 Å². The Balaban J connectivity index is 2.04. The number of para-hydroxylation sites is 1. The maximum atomic E-state index is 12.9.